The molecule has 0 aliphatic heterocycles. The van der Waals surface area contributed by atoms with E-state index in [4.69, 9.17) is 0 Å². The Hall–Kier alpha value is -0.830. The number of nitrogens with one attached hydrogen (secondary N) is 1. The zero-order chi connectivity index (χ0) is 12.1. The summed E-state index contributed by atoms with van der Waals surface area (Å²) < 4.78 is 2.23. The lowest BCUT2D eigenvalue weighted by Gasteiger charge is -2.21. The fourth-order valence-corrected chi connectivity index (χ4v) is 2.00. The molecule has 1 atom stereocenters. The molecular weight excluding hydrogens is 198 g/mol. The van der Waals surface area contributed by atoms with E-state index in [0.717, 1.165) is 12.2 Å². The molecule has 0 aromatic carbocycles. The molecule has 3 nitrogen and oxygen atoms in total. The molecular formula is C13H25N3. The molecule has 0 amide bonds. The van der Waals surface area contributed by atoms with Crippen molar-refractivity contribution in [2.45, 2.75) is 66.1 Å². The standard InChI is InChI=1S/C13H25N3/c1-6-13(7-2)15-10(3)8-16-9-14-11(4)12(16)5/h9-10,13,15H,6-8H2,1-5H3. The van der Waals surface area contributed by atoms with E-state index in [1.807, 2.05) is 6.33 Å². The molecule has 0 fully saturated rings. The maximum Gasteiger partial charge on any atom is 0.0951 e. The van der Waals surface area contributed by atoms with Crippen molar-refractivity contribution in [1.82, 2.24) is 14.9 Å². The van der Waals surface area contributed by atoms with Crippen molar-refractivity contribution < 1.29 is 0 Å². The molecule has 1 heterocycles. The second-order valence-corrected chi connectivity index (χ2v) is 4.65. The largest absolute Gasteiger partial charge is 0.333 e. The van der Waals surface area contributed by atoms with E-state index < -0.39 is 0 Å². The molecule has 0 saturated heterocycles. The van der Waals surface area contributed by atoms with Crippen LogP contribution in [0, 0.1) is 13.8 Å². The lowest BCUT2D eigenvalue weighted by atomic mass is 10.1. The molecule has 0 spiro atoms. The molecule has 1 aromatic rings. The Morgan fingerprint density at radius 1 is 1.31 bits per heavy atom. The van der Waals surface area contributed by atoms with E-state index in [9.17, 15) is 0 Å². The Labute approximate surface area is 99.3 Å². The molecule has 0 bridgehead atoms. The maximum atomic E-state index is 4.32. The topological polar surface area (TPSA) is 29.9 Å². The van der Waals surface area contributed by atoms with Crippen molar-refractivity contribution >= 4 is 0 Å². The van der Waals surface area contributed by atoms with Crippen molar-refractivity contribution in [3.05, 3.63) is 17.7 Å². The molecule has 16 heavy (non-hydrogen) atoms. The van der Waals surface area contributed by atoms with Gasteiger partial charge in [0, 0.05) is 24.3 Å². The van der Waals surface area contributed by atoms with Crippen LogP contribution in [0.2, 0.25) is 0 Å². The molecule has 0 saturated carbocycles. The smallest absolute Gasteiger partial charge is 0.0951 e. The summed E-state index contributed by atoms with van der Waals surface area (Å²) in [6.07, 6.45) is 4.33. The minimum atomic E-state index is 0.497. The molecule has 1 rings (SSSR count). The highest BCUT2D eigenvalue weighted by molar-refractivity contribution is 5.08. The predicted octanol–water partition coefficient (Wildman–Crippen LogP) is 2.67. The van der Waals surface area contributed by atoms with Gasteiger partial charge in [0.15, 0.2) is 0 Å². The van der Waals surface area contributed by atoms with Gasteiger partial charge in [-0.15, -0.1) is 0 Å². The lowest BCUT2D eigenvalue weighted by Crippen LogP contribution is -2.38. The monoisotopic (exact) mass is 223 g/mol. The van der Waals surface area contributed by atoms with Crippen molar-refractivity contribution in [2.24, 2.45) is 0 Å². The zero-order valence-corrected chi connectivity index (χ0v) is 11.2. The third kappa shape index (κ3) is 3.34. The first-order valence-electron chi connectivity index (χ1n) is 6.32. The van der Waals surface area contributed by atoms with Crippen LogP contribution in [0.15, 0.2) is 6.33 Å². The Kier molecular flexibility index (Phi) is 5.00. The minimum absolute atomic E-state index is 0.497. The summed E-state index contributed by atoms with van der Waals surface area (Å²) in [5.41, 5.74) is 2.41. The highest BCUT2D eigenvalue weighted by Gasteiger charge is 2.10. The SMILES string of the molecule is CCC(CC)NC(C)Cn1cnc(C)c1C. The second-order valence-electron chi connectivity index (χ2n) is 4.65. The summed E-state index contributed by atoms with van der Waals surface area (Å²) in [5, 5.41) is 3.65. The number of aryl methyl sites for hydroxylation is 1. The van der Waals surface area contributed by atoms with Gasteiger partial charge in [0.2, 0.25) is 0 Å². The van der Waals surface area contributed by atoms with Gasteiger partial charge in [0.1, 0.15) is 0 Å². The number of rotatable bonds is 6. The van der Waals surface area contributed by atoms with E-state index >= 15 is 0 Å². The molecule has 0 aliphatic carbocycles. The van der Waals surface area contributed by atoms with E-state index in [0.29, 0.717) is 12.1 Å². The first-order valence-corrected chi connectivity index (χ1v) is 6.32. The van der Waals surface area contributed by atoms with Crippen LogP contribution in [0.5, 0.6) is 0 Å². The highest BCUT2D eigenvalue weighted by atomic mass is 15.1. The van der Waals surface area contributed by atoms with Gasteiger partial charge in [0.05, 0.1) is 12.0 Å². The van der Waals surface area contributed by atoms with Gasteiger partial charge in [-0.2, -0.15) is 0 Å². The number of hydrogen-bond donors (Lipinski definition) is 1. The number of nitrogens with zero attached hydrogens (tertiary/aromatic N) is 2. The van der Waals surface area contributed by atoms with Crippen LogP contribution in [0.1, 0.15) is 45.0 Å². The second kappa shape index (κ2) is 6.04. The van der Waals surface area contributed by atoms with E-state index in [-0.39, 0.29) is 0 Å². The lowest BCUT2D eigenvalue weighted by molar-refractivity contribution is 0.389. The van der Waals surface area contributed by atoms with Crippen LogP contribution in [-0.2, 0) is 6.54 Å². The number of imidazole rings is 1. The Bertz CT molecular complexity index is 313. The van der Waals surface area contributed by atoms with E-state index in [1.165, 1.54) is 18.5 Å². The molecule has 92 valence electrons. The summed E-state index contributed by atoms with van der Waals surface area (Å²) >= 11 is 0. The summed E-state index contributed by atoms with van der Waals surface area (Å²) in [7, 11) is 0. The molecule has 3 heteroatoms. The number of hydrogen-bond acceptors (Lipinski definition) is 2. The predicted molar refractivity (Wildman–Crippen MR) is 68.7 cm³/mol. The summed E-state index contributed by atoms with van der Waals surface area (Å²) in [4.78, 5) is 4.32. The maximum absolute atomic E-state index is 4.32. The average molecular weight is 223 g/mol. The Balaban J connectivity index is 2.51. The van der Waals surface area contributed by atoms with Gasteiger partial charge in [0.25, 0.3) is 0 Å². The Morgan fingerprint density at radius 2 is 1.94 bits per heavy atom. The Morgan fingerprint density at radius 3 is 2.38 bits per heavy atom. The quantitative estimate of drug-likeness (QED) is 0.803. The van der Waals surface area contributed by atoms with Crippen LogP contribution >= 0.6 is 0 Å². The van der Waals surface area contributed by atoms with Crippen LogP contribution in [0.25, 0.3) is 0 Å². The van der Waals surface area contributed by atoms with Gasteiger partial charge in [-0.25, -0.2) is 4.98 Å². The normalized spacial score (nSPS) is 13.4. The van der Waals surface area contributed by atoms with Crippen molar-refractivity contribution in [1.29, 1.82) is 0 Å². The third-order valence-corrected chi connectivity index (χ3v) is 3.32. The van der Waals surface area contributed by atoms with Crippen LogP contribution in [-0.4, -0.2) is 21.6 Å². The van der Waals surface area contributed by atoms with Crippen molar-refractivity contribution in [2.75, 3.05) is 0 Å². The average Bonchev–Trinajstić information content (AvgIpc) is 2.58. The van der Waals surface area contributed by atoms with Gasteiger partial charge in [-0.1, -0.05) is 13.8 Å². The molecule has 1 N–H and O–H groups in total. The molecule has 0 radical (unpaired) electrons. The number of aromatic nitrogens is 2. The van der Waals surface area contributed by atoms with Crippen LogP contribution in [0.3, 0.4) is 0 Å². The fraction of sp³-hybridized carbons (Fsp3) is 0.769. The van der Waals surface area contributed by atoms with Gasteiger partial charge in [-0.3, -0.25) is 0 Å². The highest BCUT2D eigenvalue weighted by Crippen LogP contribution is 2.06. The summed E-state index contributed by atoms with van der Waals surface area (Å²) in [6.45, 7) is 11.9. The van der Waals surface area contributed by atoms with Crippen LogP contribution < -0.4 is 5.32 Å². The minimum Gasteiger partial charge on any atom is -0.333 e. The van der Waals surface area contributed by atoms with E-state index in [1.54, 1.807) is 0 Å². The molecule has 1 unspecified atom stereocenters. The van der Waals surface area contributed by atoms with Gasteiger partial charge < -0.3 is 9.88 Å². The molecule has 1 aromatic heterocycles. The van der Waals surface area contributed by atoms with Gasteiger partial charge >= 0.3 is 0 Å². The first kappa shape index (κ1) is 13.2. The summed E-state index contributed by atoms with van der Waals surface area (Å²) in [5.74, 6) is 0. The van der Waals surface area contributed by atoms with Crippen molar-refractivity contribution in [3.8, 4) is 0 Å². The fourth-order valence-electron chi connectivity index (χ4n) is 2.00. The zero-order valence-electron chi connectivity index (χ0n) is 11.2. The van der Waals surface area contributed by atoms with Crippen LogP contribution in [0.4, 0.5) is 0 Å². The third-order valence-electron chi connectivity index (χ3n) is 3.32. The molecule has 0 aliphatic rings. The van der Waals surface area contributed by atoms with E-state index in [2.05, 4.69) is 49.5 Å². The van der Waals surface area contributed by atoms with Crippen molar-refractivity contribution in [3.63, 3.8) is 0 Å². The van der Waals surface area contributed by atoms with Gasteiger partial charge in [-0.05, 0) is 33.6 Å². The summed E-state index contributed by atoms with van der Waals surface area (Å²) in [6, 6.07) is 1.14. The first-order chi connectivity index (χ1) is 7.58.